The van der Waals surface area contributed by atoms with Gasteiger partial charge in [0.2, 0.25) is 10.0 Å². The van der Waals surface area contributed by atoms with E-state index in [9.17, 15) is 13.2 Å². The van der Waals surface area contributed by atoms with Crippen molar-refractivity contribution in [3.63, 3.8) is 0 Å². The maximum Gasteiger partial charge on any atom is 0.262 e. The third kappa shape index (κ3) is 5.20. The molecule has 0 unspecified atom stereocenters. The Morgan fingerprint density at radius 3 is 2.52 bits per heavy atom. The van der Waals surface area contributed by atoms with Crippen molar-refractivity contribution in [1.29, 1.82) is 0 Å². The van der Waals surface area contributed by atoms with E-state index in [4.69, 9.17) is 21.1 Å². The molecule has 0 aliphatic carbocycles. The summed E-state index contributed by atoms with van der Waals surface area (Å²) in [6.07, 6.45) is 2.68. The summed E-state index contributed by atoms with van der Waals surface area (Å²) in [7, 11) is -2.30. The van der Waals surface area contributed by atoms with Gasteiger partial charge >= 0.3 is 0 Å². The number of hydrogen-bond acceptors (Lipinski definition) is 5. The lowest BCUT2D eigenvalue weighted by Crippen LogP contribution is -2.35. The summed E-state index contributed by atoms with van der Waals surface area (Å²) in [5.41, 5.74) is 0.342. The van der Waals surface area contributed by atoms with Gasteiger partial charge in [-0.3, -0.25) is 4.79 Å². The van der Waals surface area contributed by atoms with Crippen molar-refractivity contribution in [1.82, 2.24) is 4.31 Å². The summed E-state index contributed by atoms with van der Waals surface area (Å²) in [5, 5.41) is 3.06. The molecule has 0 bridgehead atoms. The Hall–Kier alpha value is -2.29. The van der Waals surface area contributed by atoms with Crippen LogP contribution in [0.25, 0.3) is 0 Å². The van der Waals surface area contributed by atoms with Crippen LogP contribution in [0.15, 0.2) is 47.4 Å². The maximum absolute atomic E-state index is 13.0. The first-order chi connectivity index (χ1) is 13.9. The van der Waals surface area contributed by atoms with Gasteiger partial charge in [-0.25, -0.2) is 8.42 Å². The molecule has 2 aromatic rings. The number of anilines is 1. The van der Waals surface area contributed by atoms with Crippen LogP contribution in [-0.2, 0) is 14.8 Å². The van der Waals surface area contributed by atoms with E-state index in [1.54, 1.807) is 30.3 Å². The highest BCUT2D eigenvalue weighted by atomic mass is 35.5. The molecular weight excluding hydrogens is 416 g/mol. The molecule has 0 aromatic heterocycles. The number of ether oxygens (including phenoxy) is 2. The third-order valence-electron chi connectivity index (χ3n) is 4.58. The van der Waals surface area contributed by atoms with E-state index < -0.39 is 15.9 Å². The standard InChI is InChI=1S/C20H23ClN2O5S/c1-27-18-10-9-15(13-19(18)29(25,26)23-11-5-2-6-12-23)22-20(24)14-28-17-8-4-3-7-16(17)21/h3-4,7-10,13H,2,5-6,11-12,14H2,1H3,(H,22,24). The number of piperidine rings is 1. The molecule has 1 amide bonds. The molecule has 0 spiro atoms. The molecule has 156 valence electrons. The molecule has 1 aliphatic rings. The van der Waals surface area contributed by atoms with Crippen LogP contribution in [0.4, 0.5) is 5.69 Å². The lowest BCUT2D eigenvalue weighted by molar-refractivity contribution is -0.118. The number of carbonyl (C=O) groups excluding carboxylic acids is 1. The fraction of sp³-hybridized carbons (Fsp3) is 0.350. The Morgan fingerprint density at radius 1 is 1.10 bits per heavy atom. The van der Waals surface area contributed by atoms with Crippen LogP contribution < -0.4 is 14.8 Å². The van der Waals surface area contributed by atoms with Gasteiger partial charge in [-0.05, 0) is 43.2 Å². The zero-order valence-electron chi connectivity index (χ0n) is 16.1. The van der Waals surface area contributed by atoms with Crippen LogP contribution >= 0.6 is 11.6 Å². The lowest BCUT2D eigenvalue weighted by Gasteiger charge is -2.26. The zero-order valence-corrected chi connectivity index (χ0v) is 17.6. The maximum atomic E-state index is 13.0. The largest absolute Gasteiger partial charge is 0.495 e. The van der Waals surface area contributed by atoms with E-state index in [2.05, 4.69) is 5.32 Å². The van der Waals surface area contributed by atoms with Crippen LogP contribution in [0.3, 0.4) is 0 Å². The van der Waals surface area contributed by atoms with Crippen molar-refractivity contribution >= 4 is 33.2 Å². The summed E-state index contributed by atoms with van der Waals surface area (Å²) < 4.78 is 38.2. The van der Waals surface area contributed by atoms with Crippen LogP contribution in [0.5, 0.6) is 11.5 Å². The number of carbonyl (C=O) groups is 1. The predicted octanol–water partition coefficient (Wildman–Crippen LogP) is 3.54. The number of rotatable bonds is 7. The van der Waals surface area contributed by atoms with E-state index >= 15 is 0 Å². The molecule has 0 radical (unpaired) electrons. The average Bonchev–Trinajstić information content (AvgIpc) is 2.74. The van der Waals surface area contributed by atoms with Crippen LogP contribution in [0.1, 0.15) is 19.3 Å². The molecule has 1 heterocycles. The number of benzene rings is 2. The normalized spacial score (nSPS) is 15.0. The number of para-hydroxylation sites is 1. The predicted molar refractivity (Wildman–Crippen MR) is 111 cm³/mol. The number of amides is 1. The number of methoxy groups -OCH3 is 1. The van der Waals surface area contributed by atoms with Crippen molar-refractivity contribution in [2.45, 2.75) is 24.2 Å². The third-order valence-corrected chi connectivity index (χ3v) is 6.81. The van der Waals surface area contributed by atoms with E-state index in [-0.39, 0.29) is 17.3 Å². The number of hydrogen-bond donors (Lipinski definition) is 1. The second-order valence-corrected chi connectivity index (χ2v) is 8.91. The highest BCUT2D eigenvalue weighted by molar-refractivity contribution is 7.89. The second kappa shape index (κ2) is 9.47. The molecular formula is C20H23ClN2O5S. The number of sulfonamides is 1. The zero-order chi connectivity index (χ0) is 20.9. The van der Waals surface area contributed by atoms with Crippen LogP contribution in [0.2, 0.25) is 5.02 Å². The molecule has 9 heteroatoms. The van der Waals surface area contributed by atoms with Crippen LogP contribution in [0, 0.1) is 0 Å². The number of nitrogens with zero attached hydrogens (tertiary/aromatic N) is 1. The van der Waals surface area contributed by atoms with Gasteiger partial charge in [-0.1, -0.05) is 30.2 Å². The van der Waals surface area contributed by atoms with E-state index in [1.807, 2.05) is 0 Å². The van der Waals surface area contributed by atoms with Crippen molar-refractivity contribution in [2.24, 2.45) is 0 Å². The molecule has 0 saturated carbocycles. The molecule has 2 aromatic carbocycles. The summed E-state index contributed by atoms with van der Waals surface area (Å²) >= 11 is 6.00. The molecule has 1 N–H and O–H groups in total. The molecule has 1 saturated heterocycles. The van der Waals surface area contributed by atoms with Gasteiger partial charge in [-0.15, -0.1) is 0 Å². The number of nitrogens with one attached hydrogen (secondary N) is 1. The van der Waals surface area contributed by atoms with Gasteiger partial charge in [-0.2, -0.15) is 4.31 Å². The first-order valence-electron chi connectivity index (χ1n) is 9.27. The van der Waals surface area contributed by atoms with E-state index in [0.717, 1.165) is 19.3 Å². The molecule has 29 heavy (non-hydrogen) atoms. The van der Waals surface area contributed by atoms with Gasteiger partial charge in [0.05, 0.1) is 12.1 Å². The van der Waals surface area contributed by atoms with Crippen molar-refractivity contribution in [3.05, 3.63) is 47.5 Å². The summed E-state index contributed by atoms with van der Waals surface area (Å²) in [6, 6.07) is 11.4. The average molecular weight is 439 g/mol. The van der Waals surface area contributed by atoms with Gasteiger partial charge in [0, 0.05) is 18.8 Å². The Labute approximate surface area is 175 Å². The Bertz CT molecular complexity index is 975. The fourth-order valence-corrected chi connectivity index (χ4v) is 4.99. The van der Waals surface area contributed by atoms with Gasteiger partial charge in [0.25, 0.3) is 5.91 Å². The van der Waals surface area contributed by atoms with Crippen molar-refractivity contribution in [2.75, 3.05) is 32.1 Å². The SMILES string of the molecule is COc1ccc(NC(=O)COc2ccccc2Cl)cc1S(=O)(=O)N1CCCCC1. The van der Waals surface area contributed by atoms with E-state index in [0.29, 0.717) is 29.5 Å². The lowest BCUT2D eigenvalue weighted by atomic mass is 10.2. The Kier molecular flexibility index (Phi) is 7.00. The Morgan fingerprint density at radius 2 is 1.83 bits per heavy atom. The van der Waals surface area contributed by atoms with E-state index in [1.165, 1.54) is 23.5 Å². The van der Waals surface area contributed by atoms with Crippen LogP contribution in [-0.4, -0.2) is 45.4 Å². The molecule has 1 fully saturated rings. The monoisotopic (exact) mass is 438 g/mol. The quantitative estimate of drug-likeness (QED) is 0.714. The first-order valence-corrected chi connectivity index (χ1v) is 11.1. The summed E-state index contributed by atoms with van der Waals surface area (Å²) in [5.74, 6) is 0.199. The molecule has 3 rings (SSSR count). The minimum absolute atomic E-state index is 0.0340. The minimum Gasteiger partial charge on any atom is -0.495 e. The second-order valence-electron chi connectivity index (χ2n) is 6.60. The highest BCUT2D eigenvalue weighted by Crippen LogP contribution is 2.31. The summed E-state index contributed by atoms with van der Waals surface area (Å²) in [6.45, 7) is 0.700. The summed E-state index contributed by atoms with van der Waals surface area (Å²) in [4.78, 5) is 12.3. The topological polar surface area (TPSA) is 84.9 Å². The van der Waals surface area contributed by atoms with Crippen molar-refractivity contribution < 1.29 is 22.7 Å². The molecule has 7 nitrogen and oxygen atoms in total. The molecule has 1 aliphatic heterocycles. The van der Waals surface area contributed by atoms with Gasteiger partial charge in [0.15, 0.2) is 6.61 Å². The van der Waals surface area contributed by atoms with Gasteiger partial charge in [0.1, 0.15) is 16.4 Å². The first kappa shape index (κ1) is 21.4. The highest BCUT2D eigenvalue weighted by Gasteiger charge is 2.29. The van der Waals surface area contributed by atoms with Gasteiger partial charge < -0.3 is 14.8 Å². The molecule has 0 atom stereocenters. The Balaban J connectivity index is 1.74. The smallest absolute Gasteiger partial charge is 0.262 e. The van der Waals surface area contributed by atoms with Crippen molar-refractivity contribution in [3.8, 4) is 11.5 Å². The minimum atomic E-state index is -3.72. The fourth-order valence-electron chi connectivity index (χ4n) is 3.10. The number of halogens is 1.